The molecule has 1 heterocycles. The van der Waals surface area contributed by atoms with E-state index in [1.807, 2.05) is 0 Å². The largest absolute Gasteiger partial charge is 0.316 e. The summed E-state index contributed by atoms with van der Waals surface area (Å²) in [6.45, 7) is 4.66. The van der Waals surface area contributed by atoms with Gasteiger partial charge in [0.25, 0.3) is 0 Å². The van der Waals surface area contributed by atoms with Crippen LogP contribution in [0.5, 0.6) is 0 Å². The number of nitrogens with one attached hydrogen (secondary N) is 1. The minimum absolute atomic E-state index is 0.853. The van der Waals surface area contributed by atoms with Gasteiger partial charge in [0.05, 0.1) is 0 Å². The number of rotatable bonds is 4. The van der Waals surface area contributed by atoms with Gasteiger partial charge in [0.1, 0.15) is 0 Å². The van der Waals surface area contributed by atoms with Crippen molar-refractivity contribution in [1.29, 1.82) is 0 Å². The fraction of sp³-hybridized carbons (Fsp3) is 0.600. The van der Waals surface area contributed by atoms with Crippen molar-refractivity contribution in [3.8, 4) is 0 Å². The van der Waals surface area contributed by atoms with E-state index in [0.29, 0.717) is 0 Å². The highest BCUT2D eigenvalue weighted by molar-refractivity contribution is 5.23. The van der Waals surface area contributed by atoms with Crippen LogP contribution < -0.4 is 5.32 Å². The lowest BCUT2D eigenvalue weighted by Gasteiger charge is -2.22. The maximum absolute atomic E-state index is 3.49. The van der Waals surface area contributed by atoms with Crippen molar-refractivity contribution >= 4 is 0 Å². The van der Waals surface area contributed by atoms with Gasteiger partial charge in [-0.3, -0.25) is 0 Å². The molecule has 0 aromatic heterocycles. The van der Waals surface area contributed by atoms with Gasteiger partial charge < -0.3 is 5.32 Å². The zero-order valence-corrected chi connectivity index (χ0v) is 10.3. The molecule has 2 rings (SSSR count). The summed E-state index contributed by atoms with van der Waals surface area (Å²) in [7, 11) is 0. The lowest BCUT2D eigenvalue weighted by atomic mass is 9.92. The molecule has 88 valence electrons. The van der Waals surface area contributed by atoms with Crippen LogP contribution in [0.1, 0.15) is 37.3 Å². The molecule has 0 bridgehead atoms. The van der Waals surface area contributed by atoms with Crippen LogP contribution in [0.15, 0.2) is 24.3 Å². The third kappa shape index (κ3) is 3.34. The number of hydrogen-bond donors (Lipinski definition) is 1. The summed E-state index contributed by atoms with van der Waals surface area (Å²) in [5.41, 5.74) is 2.99. The van der Waals surface area contributed by atoms with Gasteiger partial charge in [-0.25, -0.2) is 0 Å². The van der Waals surface area contributed by atoms with Crippen LogP contribution in [0.3, 0.4) is 0 Å². The van der Waals surface area contributed by atoms with Crippen LogP contribution in [-0.4, -0.2) is 13.1 Å². The van der Waals surface area contributed by atoms with E-state index in [1.54, 1.807) is 0 Å². The van der Waals surface area contributed by atoms with Crippen molar-refractivity contribution in [1.82, 2.24) is 5.32 Å². The molecule has 1 nitrogen and oxygen atoms in total. The SMILES string of the molecule is CCCc1ccc(CC2CCCNC2)cc1. The first-order valence-corrected chi connectivity index (χ1v) is 6.67. The molecule has 1 unspecified atom stereocenters. The van der Waals surface area contributed by atoms with Crippen molar-refractivity contribution < 1.29 is 0 Å². The van der Waals surface area contributed by atoms with Crippen LogP contribution in [0, 0.1) is 5.92 Å². The normalized spacial score (nSPS) is 20.9. The number of benzene rings is 1. The zero-order chi connectivity index (χ0) is 11.2. The van der Waals surface area contributed by atoms with Gasteiger partial charge >= 0.3 is 0 Å². The van der Waals surface area contributed by atoms with E-state index in [-0.39, 0.29) is 0 Å². The molecule has 1 saturated heterocycles. The third-order valence-electron chi connectivity index (χ3n) is 3.48. The monoisotopic (exact) mass is 217 g/mol. The van der Waals surface area contributed by atoms with Crippen LogP contribution in [0.4, 0.5) is 0 Å². The summed E-state index contributed by atoms with van der Waals surface area (Å²) < 4.78 is 0. The highest BCUT2D eigenvalue weighted by Crippen LogP contribution is 2.17. The molecule has 0 spiro atoms. The van der Waals surface area contributed by atoms with E-state index < -0.39 is 0 Å². The van der Waals surface area contributed by atoms with E-state index in [0.717, 1.165) is 5.92 Å². The fourth-order valence-electron chi connectivity index (χ4n) is 2.56. The minimum atomic E-state index is 0.853. The summed E-state index contributed by atoms with van der Waals surface area (Å²) in [5.74, 6) is 0.853. The second kappa shape index (κ2) is 6.05. The predicted molar refractivity (Wildman–Crippen MR) is 69.7 cm³/mol. The van der Waals surface area contributed by atoms with Crippen LogP contribution >= 0.6 is 0 Å². The predicted octanol–water partition coefficient (Wildman–Crippen LogP) is 3.18. The molecular weight excluding hydrogens is 194 g/mol. The lowest BCUT2D eigenvalue weighted by molar-refractivity contribution is 0.376. The smallest absolute Gasteiger partial charge is 0.00173 e. The van der Waals surface area contributed by atoms with Gasteiger partial charge in [0.15, 0.2) is 0 Å². The lowest BCUT2D eigenvalue weighted by Crippen LogP contribution is -2.30. The highest BCUT2D eigenvalue weighted by atomic mass is 14.9. The molecule has 1 aliphatic heterocycles. The van der Waals surface area contributed by atoms with Crippen molar-refractivity contribution in [2.24, 2.45) is 5.92 Å². The van der Waals surface area contributed by atoms with E-state index in [1.165, 1.54) is 56.3 Å². The van der Waals surface area contributed by atoms with Gasteiger partial charge in [0.2, 0.25) is 0 Å². The molecule has 0 amide bonds. The van der Waals surface area contributed by atoms with Crippen molar-refractivity contribution in [3.05, 3.63) is 35.4 Å². The van der Waals surface area contributed by atoms with Crippen LogP contribution in [-0.2, 0) is 12.8 Å². The quantitative estimate of drug-likeness (QED) is 0.817. The molecule has 1 aliphatic rings. The zero-order valence-electron chi connectivity index (χ0n) is 10.3. The summed E-state index contributed by atoms with van der Waals surface area (Å²) in [4.78, 5) is 0. The van der Waals surface area contributed by atoms with Crippen molar-refractivity contribution in [2.75, 3.05) is 13.1 Å². The highest BCUT2D eigenvalue weighted by Gasteiger charge is 2.12. The molecule has 1 aromatic carbocycles. The van der Waals surface area contributed by atoms with Gasteiger partial charge in [-0.05, 0) is 55.8 Å². The Bertz CT molecular complexity index is 296. The van der Waals surface area contributed by atoms with E-state index in [4.69, 9.17) is 0 Å². The Kier molecular flexibility index (Phi) is 4.41. The minimum Gasteiger partial charge on any atom is -0.316 e. The third-order valence-corrected chi connectivity index (χ3v) is 3.48. The maximum atomic E-state index is 3.49. The second-order valence-corrected chi connectivity index (χ2v) is 4.98. The molecule has 0 radical (unpaired) electrons. The Morgan fingerprint density at radius 2 is 1.94 bits per heavy atom. The van der Waals surface area contributed by atoms with Crippen LogP contribution in [0.25, 0.3) is 0 Å². The maximum Gasteiger partial charge on any atom is -0.00173 e. The average Bonchev–Trinajstić information content (AvgIpc) is 2.33. The summed E-state index contributed by atoms with van der Waals surface area (Å²) in [6, 6.07) is 9.24. The van der Waals surface area contributed by atoms with Crippen LogP contribution in [0.2, 0.25) is 0 Å². The number of piperidine rings is 1. The Labute approximate surface area is 99.3 Å². The Balaban J connectivity index is 1.88. The first-order valence-electron chi connectivity index (χ1n) is 6.67. The first-order chi connectivity index (χ1) is 7.88. The standard InChI is InChI=1S/C15H23N/c1-2-4-13-6-8-14(9-7-13)11-15-5-3-10-16-12-15/h6-9,15-16H,2-5,10-12H2,1H3. The number of aryl methyl sites for hydroxylation is 1. The Hall–Kier alpha value is -0.820. The topological polar surface area (TPSA) is 12.0 Å². The van der Waals surface area contributed by atoms with E-state index in [9.17, 15) is 0 Å². The summed E-state index contributed by atoms with van der Waals surface area (Å²) >= 11 is 0. The Morgan fingerprint density at radius 1 is 1.19 bits per heavy atom. The summed E-state index contributed by atoms with van der Waals surface area (Å²) in [6.07, 6.45) is 6.44. The fourth-order valence-corrected chi connectivity index (χ4v) is 2.56. The van der Waals surface area contributed by atoms with Gasteiger partial charge in [-0.1, -0.05) is 37.6 Å². The van der Waals surface area contributed by atoms with Gasteiger partial charge in [0, 0.05) is 0 Å². The second-order valence-electron chi connectivity index (χ2n) is 4.98. The van der Waals surface area contributed by atoms with Gasteiger partial charge in [-0.2, -0.15) is 0 Å². The molecule has 0 aliphatic carbocycles. The van der Waals surface area contributed by atoms with E-state index >= 15 is 0 Å². The molecule has 1 heteroatoms. The van der Waals surface area contributed by atoms with Crippen molar-refractivity contribution in [2.45, 2.75) is 39.0 Å². The van der Waals surface area contributed by atoms with Crippen molar-refractivity contribution in [3.63, 3.8) is 0 Å². The Morgan fingerprint density at radius 3 is 2.56 bits per heavy atom. The average molecular weight is 217 g/mol. The molecule has 1 N–H and O–H groups in total. The van der Waals surface area contributed by atoms with E-state index in [2.05, 4.69) is 36.5 Å². The molecule has 1 aromatic rings. The molecule has 0 saturated carbocycles. The molecule has 16 heavy (non-hydrogen) atoms. The van der Waals surface area contributed by atoms with Gasteiger partial charge in [-0.15, -0.1) is 0 Å². The molecule has 1 fully saturated rings. The molecule has 1 atom stereocenters. The number of hydrogen-bond acceptors (Lipinski definition) is 1. The molecular formula is C15H23N. The first kappa shape index (κ1) is 11.7. The summed E-state index contributed by atoms with van der Waals surface area (Å²) in [5, 5.41) is 3.49.